The van der Waals surface area contributed by atoms with Gasteiger partial charge in [-0.25, -0.2) is 4.79 Å². The predicted molar refractivity (Wildman–Crippen MR) is 171 cm³/mol. The number of hydrogen-bond donors (Lipinski definition) is 4. The molecule has 235 valence electrons. The molecule has 2 atom stereocenters. The maximum absolute atomic E-state index is 11.6. The number of nitrogens with one attached hydrogen (secondary N) is 2. The molecule has 1 aromatic heterocycles. The fourth-order valence-electron chi connectivity index (χ4n) is 5.60. The van der Waals surface area contributed by atoms with E-state index in [1.165, 1.54) is 23.6 Å². The van der Waals surface area contributed by atoms with Crippen molar-refractivity contribution in [1.29, 1.82) is 0 Å². The molecule has 1 heterocycles. The predicted octanol–water partition coefficient (Wildman–Crippen LogP) is 8.25. The Bertz CT molecular complexity index is 1470. The summed E-state index contributed by atoms with van der Waals surface area (Å²) in [6, 6.07) is 26.1. The third-order valence-electron chi connectivity index (χ3n) is 8.14. The number of nitrogens with zero attached hydrogens (tertiary/aromatic N) is 1. The molecule has 0 spiro atoms. The van der Waals surface area contributed by atoms with Gasteiger partial charge >= 0.3 is 5.97 Å². The molecule has 1 aliphatic rings. The molecular formula is C36H42CoN3O4-. The number of phenols is 1. The van der Waals surface area contributed by atoms with Crippen molar-refractivity contribution >= 4 is 17.3 Å². The molecule has 0 bridgehead atoms. The van der Waals surface area contributed by atoms with Crippen LogP contribution in [0.1, 0.15) is 102 Å². The van der Waals surface area contributed by atoms with Gasteiger partial charge in [-0.3, -0.25) is 4.98 Å². The van der Waals surface area contributed by atoms with Crippen LogP contribution in [0.3, 0.4) is 0 Å². The van der Waals surface area contributed by atoms with Gasteiger partial charge in [0.15, 0.2) is 0 Å². The van der Waals surface area contributed by atoms with Gasteiger partial charge in [0.1, 0.15) is 5.75 Å². The van der Waals surface area contributed by atoms with Crippen molar-refractivity contribution in [3.63, 3.8) is 0 Å². The van der Waals surface area contributed by atoms with Crippen molar-refractivity contribution in [2.45, 2.75) is 77.8 Å². The number of carboxylic acid groups (broad SMARTS) is 1. The zero-order valence-corrected chi connectivity index (χ0v) is 26.8. The van der Waals surface area contributed by atoms with E-state index in [0.29, 0.717) is 5.56 Å². The number of rotatable bonds is 8. The number of benzene rings is 3. The topological polar surface area (TPSA) is 118 Å². The zero-order valence-electron chi connectivity index (χ0n) is 25.8. The van der Waals surface area contributed by atoms with Gasteiger partial charge in [0, 0.05) is 28.2 Å². The minimum Gasteiger partial charge on any atom is -0.869 e. The zero-order chi connectivity index (χ0) is 30.9. The third kappa shape index (κ3) is 8.77. The fraction of sp³-hybridized carbons (Fsp3) is 0.333. The van der Waals surface area contributed by atoms with E-state index in [2.05, 4.69) is 105 Å². The Morgan fingerprint density at radius 2 is 1.30 bits per heavy atom. The fourth-order valence-corrected chi connectivity index (χ4v) is 5.60. The van der Waals surface area contributed by atoms with Crippen molar-refractivity contribution in [2.24, 2.45) is 0 Å². The van der Waals surface area contributed by atoms with Crippen LogP contribution in [0.15, 0.2) is 78.9 Å². The van der Waals surface area contributed by atoms with Crippen molar-refractivity contribution in [3.05, 3.63) is 113 Å². The average Bonchev–Trinajstić information content (AvgIpc) is 3.01. The number of hydrogen-bond acceptors (Lipinski definition) is 6. The summed E-state index contributed by atoms with van der Waals surface area (Å²) >= 11 is 0. The summed E-state index contributed by atoms with van der Waals surface area (Å²) in [6.07, 6.45) is 5.15. The van der Waals surface area contributed by atoms with Crippen LogP contribution in [0.25, 0.3) is 0 Å². The summed E-state index contributed by atoms with van der Waals surface area (Å²) < 4.78 is 0. The average molecular weight is 640 g/mol. The normalized spacial score (nSPS) is 14.3. The SMILES string of the molecule is Cc1ccccc1NC(C)c1cccc(C(C)Nc2ccccc2C)n1.O=C(O)c1c(C2CCCCC2)ccc(O)c1[O-].[Co]. The van der Waals surface area contributed by atoms with Gasteiger partial charge < -0.3 is 26.0 Å². The largest absolute Gasteiger partial charge is 0.869 e. The number of phenolic OH excluding ortho intramolecular Hbond substituents is 1. The first kappa shape index (κ1) is 34.5. The second kappa shape index (κ2) is 16.2. The number of aromatic nitrogens is 1. The van der Waals surface area contributed by atoms with E-state index in [0.717, 1.165) is 48.4 Å². The van der Waals surface area contributed by atoms with E-state index in [-0.39, 0.29) is 40.3 Å². The number of aryl methyl sites for hydroxylation is 2. The molecule has 1 radical (unpaired) electrons. The number of aromatic carboxylic acids is 1. The Hall–Kier alpha value is -4.01. The van der Waals surface area contributed by atoms with Crippen molar-refractivity contribution < 1.29 is 36.9 Å². The summed E-state index contributed by atoms with van der Waals surface area (Å²) in [6.45, 7) is 8.54. The van der Waals surface area contributed by atoms with E-state index < -0.39 is 17.5 Å². The molecule has 0 saturated heterocycles. The van der Waals surface area contributed by atoms with Crippen molar-refractivity contribution in [3.8, 4) is 11.5 Å². The molecule has 5 rings (SSSR count). The van der Waals surface area contributed by atoms with Gasteiger partial charge in [-0.2, -0.15) is 0 Å². The Kier molecular flexibility index (Phi) is 12.7. The van der Waals surface area contributed by atoms with Gasteiger partial charge in [0.2, 0.25) is 0 Å². The van der Waals surface area contributed by atoms with Gasteiger partial charge in [0.25, 0.3) is 0 Å². The van der Waals surface area contributed by atoms with E-state index in [1.807, 2.05) is 0 Å². The van der Waals surface area contributed by atoms with Gasteiger partial charge in [-0.05, 0) is 93.5 Å². The first-order valence-electron chi connectivity index (χ1n) is 15.0. The molecule has 4 aromatic rings. The van der Waals surface area contributed by atoms with E-state index in [1.54, 1.807) is 6.07 Å². The van der Waals surface area contributed by atoms with Crippen LogP contribution in [0.5, 0.6) is 11.5 Å². The number of carbonyl (C=O) groups is 1. The van der Waals surface area contributed by atoms with E-state index in [4.69, 9.17) is 10.1 Å². The van der Waals surface area contributed by atoms with Crippen molar-refractivity contribution in [2.75, 3.05) is 10.6 Å². The molecule has 8 heteroatoms. The number of carboxylic acids is 1. The van der Waals surface area contributed by atoms with E-state index >= 15 is 0 Å². The van der Waals surface area contributed by atoms with Crippen LogP contribution in [0, 0.1) is 13.8 Å². The molecule has 44 heavy (non-hydrogen) atoms. The monoisotopic (exact) mass is 639 g/mol. The van der Waals surface area contributed by atoms with Crippen LogP contribution in [-0.2, 0) is 16.8 Å². The van der Waals surface area contributed by atoms with Crippen LogP contribution >= 0.6 is 0 Å². The first-order valence-corrected chi connectivity index (χ1v) is 15.0. The Balaban J connectivity index is 0.000000256. The summed E-state index contributed by atoms with van der Waals surface area (Å²) in [7, 11) is 0. The number of pyridine rings is 1. The van der Waals surface area contributed by atoms with E-state index in [9.17, 15) is 15.0 Å². The molecule has 3 aromatic carbocycles. The van der Waals surface area contributed by atoms with Crippen LogP contribution in [-0.4, -0.2) is 21.2 Å². The number of anilines is 2. The summed E-state index contributed by atoms with van der Waals surface area (Å²) in [5, 5.41) is 37.2. The Labute approximate surface area is 271 Å². The summed E-state index contributed by atoms with van der Waals surface area (Å²) in [4.78, 5) is 16.0. The minimum atomic E-state index is -1.24. The maximum Gasteiger partial charge on any atom is 0.335 e. The minimum absolute atomic E-state index is 0. The molecule has 4 N–H and O–H groups in total. The Morgan fingerprint density at radius 1 is 0.795 bits per heavy atom. The molecule has 1 aliphatic carbocycles. The van der Waals surface area contributed by atoms with Crippen LogP contribution < -0.4 is 15.7 Å². The molecule has 0 aliphatic heterocycles. The maximum atomic E-state index is 11.6. The molecule has 7 nitrogen and oxygen atoms in total. The van der Waals surface area contributed by atoms with Gasteiger partial charge in [-0.15, -0.1) is 0 Å². The van der Waals surface area contributed by atoms with Crippen molar-refractivity contribution in [1.82, 2.24) is 4.98 Å². The quantitative estimate of drug-likeness (QED) is 0.153. The number of aromatic hydroxyl groups is 1. The Morgan fingerprint density at radius 3 is 1.77 bits per heavy atom. The molecule has 0 amide bonds. The second-order valence-corrected chi connectivity index (χ2v) is 11.4. The molecule has 1 fully saturated rings. The third-order valence-corrected chi connectivity index (χ3v) is 8.14. The summed E-state index contributed by atoms with van der Waals surface area (Å²) in [5.41, 5.74) is 7.21. The molecule has 2 unspecified atom stereocenters. The van der Waals surface area contributed by atoms with Gasteiger partial charge in [0.05, 0.1) is 29.0 Å². The first-order chi connectivity index (χ1) is 20.7. The molecular weight excluding hydrogens is 597 g/mol. The second-order valence-electron chi connectivity index (χ2n) is 11.4. The molecule has 1 saturated carbocycles. The van der Waals surface area contributed by atoms with Gasteiger partial charge in [-0.1, -0.05) is 73.5 Å². The standard InChI is InChI=1S/C23H27N3.C13H16O4.Co/c1-16-10-5-7-12-20(16)24-18(3)22-14-9-15-23(26-22)19(4)25-21-13-8-6-11-17(21)2;14-10-7-6-9(8-4-2-1-3-5-8)11(12(10)15)13(16)17;/h5-15,18-19,24-25H,1-4H3;6-8,14-15H,1-5H2,(H,16,17);/p-1. The van der Waals surface area contributed by atoms with Crippen LogP contribution in [0.2, 0.25) is 0 Å². The smallest absolute Gasteiger partial charge is 0.335 e. The van der Waals surface area contributed by atoms with Crippen LogP contribution in [0.4, 0.5) is 11.4 Å². The number of para-hydroxylation sites is 2. The summed E-state index contributed by atoms with van der Waals surface area (Å²) in [5.74, 6) is -2.35.